The number of carbonyl (C=O) groups is 2. The Balaban J connectivity index is 1.48. The highest BCUT2D eigenvalue weighted by Crippen LogP contribution is 2.21. The predicted octanol–water partition coefficient (Wildman–Crippen LogP) is 9.27. The molecule has 0 aliphatic rings. The molecular formula is C46H48N2O4. The van der Waals surface area contributed by atoms with Crippen molar-refractivity contribution < 1.29 is 19.1 Å². The van der Waals surface area contributed by atoms with Crippen molar-refractivity contribution in [3.63, 3.8) is 0 Å². The van der Waals surface area contributed by atoms with Gasteiger partial charge < -0.3 is 9.47 Å². The van der Waals surface area contributed by atoms with E-state index in [0.29, 0.717) is 12.8 Å². The highest BCUT2D eigenvalue weighted by atomic mass is 16.6. The number of hydrogen-bond donors (Lipinski definition) is 0. The van der Waals surface area contributed by atoms with Gasteiger partial charge in [-0.05, 0) is 52.7 Å². The van der Waals surface area contributed by atoms with E-state index in [4.69, 9.17) is 19.5 Å². The van der Waals surface area contributed by atoms with Crippen molar-refractivity contribution in [2.24, 2.45) is 9.98 Å². The first kappa shape index (κ1) is 37.6. The van der Waals surface area contributed by atoms with Gasteiger partial charge in [0, 0.05) is 35.1 Å². The SMILES string of the molecule is CC(C)(C)OC(=O)C(Cc1ccc(CC(N=C(c2ccccc2)c2ccccc2)C(=O)OC(C)(C)C)cc1)N=C(c1ccccc1)c1ccccc1. The van der Waals surface area contributed by atoms with Gasteiger partial charge in [-0.2, -0.15) is 0 Å². The molecule has 6 heteroatoms. The lowest BCUT2D eigenvalue weighted by Crippen LogP contribution is -2.33. The quantitative estimate of drug-likeness (QED) is 0.0965. The summed E-state index contributed by atoms with van der Waals surface area (Å²) >= 11 is 0. The van der Waals surface area contributed by atoms with Crippen LogP contribution in [0.5, 0.6) is 0 Å². The molecule has 0 saturated heterocycles. The largest absolute Gasteiger partial charge is 0.458 e. The minimum Gasteiger partial charge on any atom is -0.458 e. The van der Waals surface area contributed by atoms with E-state index in [1.165, 1.54) is 0 Å². The van der Waals surface area contributed by atoms with Crippen molar-refractivity contribution in [2.75, 3.05) is 0 Å². The Labute approximate surface area is 308 Å². The summed E-state index contributed by atoms with van der Waals surface area (Å²) in [5, 5.41) is 0. The third-order valence-corrected chi connectivity index (χ3v) is 8.00. The molecule has 0 N–H and O–H groups in total. The first-order valence-electron chi connectivity index (χ1n) is 17.8. The normalized spacial score (nSPS) is 12.6. The van der Waals surface area contributed by atoms with Gasteiger partial charge in [0.1, 0.15) is 11.2 Å². The van der Waals surface area contributed by atoms with Crippen LogP contribution in [0.25, 0.3) is 0 Å². The van der Waals surface area contributed by atoms with Crippen LogP contribution in [-0.4, -0.2) is 46.6 Å². The van der Waals surface area contributed by atoms with Gasteiger partial charge in [0.15, 0.2) is 12.1 Å². The topological polar surface area (TPSA) is 77.3 Å². The smallest absolute Gasteiger partial charge is 0.331 e. The van der Waals surface area contributed by atoms with E-state index in [9.17, 15) is 9.59 Å². The molecule has 266 valence electrons. The highest BCUT2D eigenvalue weighted by Gasteiger charge is 2.28. The number of hydrogen-bond acceptors (Lipinski definition) is 6. The summed E-state index contributed by atoms with van der Waals surface area (Å²) in [7, 11) is 0. The molecule has 5 rings (SSSR count). The lowest BCUT2D eigenvalue weighted by Gasteiger charge is -2.24. The van der Waals surface area contributed by atoms with Gasteiger partial charge in [-0.25, -0.2) is 9.59 Å². The summed E-state index contributed by atoms with van der Waals surface area (Å²) in [5.74, 6) is -0.788. The lowest BCUT2D eigenvalue weighted by atomic mass is 9.98. The van der Waals surface area contributed by atoms with Crippen molar-refractivity contribution in [2.45, 2.75) is 77.7 Å². The Morgan fingerprint density at radius 3 is 0.923 bits per heavy atom. The van der Waals surface area contributed by atoms with Crippen molar-refractivity contribution in [1.29, 1.82) is 0 Å². The minimum atomic E-state index is -0.793. The van der Waals surface area contributed by atoms with E-state index in [1.807, 2.05) is 187 Å². The molecule has 2 unspecified atom stereocenters. The van der Waals surface area contributed by atoms with Crippen LogP contribution in [0.4, 0.5) is 0 Å². The van der Waals surface area contributed by atoms with E-state index in [1.54, 1.807) is 0 Å². The number of ether oxygens (including phenoxy) is 2. The third-order valence-electron chi connectivity index (χ3n) is 8.00. The maximum absolute atomic E-state index is 13.7. The van der Waals surface area contributed by atoms with E-state index in [2.05, 4.69) is 0 Å². The molecule has 0 fully saturated rings. The summed E-state index contributed by atoms with van der Waals surface area (Å²) < 4.78 is 11.8. The van der Waals surface area contributed by atoms with Gasteiger partial charge in [0.2, 0.25) is 0 Å². The number of benzene rings is 5. The number of esters is 2. The fourth-order valence-corrected chi connectivity index (χ4v) is 5.69. The molecule has 0 radical (unpaired) electrons. The molecular weight excluding hydrogens is 645 g/mol. The monoisotopic (exact) mass is 692 g/mol. The number of carbonyl (C=O) groups excluding carboxylic acids is 2. The van der Waals surface area contributed by atoms with Crippen LogP contribution >= 0.6 is 0 Å². The van der Waals surface area contributed by atoms with E-state index in [-0.39, 0.29) is 0 Å². The second-order valence-electron chi connectivity index (χ2n) is 14.7. The van der Waals surface area contributed by atoms with E-state index in [0.717, 1.165) is 44.8 Å². The van der Waals surface area contributed by atoms with Crippen molar-refractivity contribution in [1.82, 2.24) is 0 Å². The maximum atomic E-state index is 13.7. The van der Waals surface area contributed by atoms with E-state index < -0.39 is 35.2 Å². The van der Waals surface area contributed by atoms with Crippen LogP contribution in [0.15, 0.2) is 156 Å². The first-order valence-corrected chi connectivity index (χ1v) is 17.8. The summed E-state index contributed by atoms with van der Waals surface area (Å²) in [6, 6.07) is 45.9. The van der Waals surface area contributed by atoms with Crippen LogP contribution in [0.2, 0.25) is 0 Å². The molecule has 0 saturated carbocycles. The summed E-state index contributed by atoms with van der Waals surface area (Å²) in [4.78, 5) is 37.6. The molecule has 0 aliphatic heterocycles. The van der Waals surface area contributed by atoms with Gasteiger partial charge in [-0.3, -0.25) is 9.98 Å². The third kappa shape index (κ3) is 11.2. The predicted molar refractivity (Wildman–Crippen MR) is 210 cm³/mol. The Hall–Kier alpha value is -5.62. The zero-order valence-electron chi connectivity index (χ0n) is 31.0. The molecule has 5 aromatic carbocycles. The Kier molecular flexibility index (Phi) is 12.3. The average molecular weight is 693 g/mol. The van der Waals surface area contributed by atoms with Crippen LogP contribution in [0, 0.1) is 0 Å². The molecule has 0 heterocycles. The van der Waals surface area contributed by atoms with Crippen LogP contribution in [0.3, 0.4) is 0 Å². The van der Waals surface area contributed by atoms with Gasteiger partial charge in [-0.15, -0.1) is 0 Å². The second kappa shape index (κ2) is 17.1. The fraction of sp³-hybridized carbons (Fsp3) is 0.261. The molecule has 6 nitrogen and oxygen atoms in total. The maximum Gasteiger partial charge on any atom is 0.331 e. The van der Waals surface area contributed by atoms with Gasteiger partial charge in [0.25, 0.3) is 0 Å². The summed E-state index contributed by atoms with van der Waals surface area (Å²) in [6.45, 7) is 11.2. The fourth-order valence-electron chi connectivity index (χ4n) is 5.69. The van der Waals surface area contributed by atoms with Crippen molar-refractivity contribution in [3.8, 4) is 0 Å². The molecule has 0 aromatic heterocycles. The molecule has 2 atom stereocenters. The molecule has 0 spiro atoms. The molecule has 52 heavy (non-hydrogen) atoms. The number of nitrogens with zero attached hydrogens (tertiary/aromatic N) is 2. The van der Waals surface area contributed by atoms with Crippen LogP contribution in [-0.2, 0) is 31.9 Å². The highest BCUT2D eigenvalue weighted by molar-refractivity contribution is 6.14. The van der Waals surface area contributed by atoms with Crippen LogP contribution in [0.1, 0.15) is 74.9 Å². The van der Waals surface area contributed by atoms with Crippen molar-refractivity contribution in [3.05, 3.63) is 179 Å². The van der Waals surface area contributed by atoms with Gasteiger partial charge in [0.05, 0.1) is 11.4 Å². The number of rotatable bonds is 12. The zero-order valence-corrected chi connectivity index (χ0v) is 31.0. The molecule has 0 aliphatic carbocycles. The lowest BCUT2D eigenvalue weighted by molar-refractivity contribution is -0.157. The van der Waals surface area contributed by atoms with Crippen molar-refractivity contribution >= 4 is 23.4 Å². The molecule has 0 bridgehead atoms. The van der Waals surface area contributed by atoms with Gasteiger partial charge in [-0.1, -0.05) is 146 Å². The second-order valence-corrected chi connectivity index (χ2v) is 14.7. The number of aliphatic imine (C=N–C) groups is 2. The Morgan fingerprint density at radius 1 is 0.442 bits per heavy atom. The van der Waals surface area contributed by atoms with Crippen LogP contribution < -0.4 is 0 Å². The first-order chi connectivity index (χ1) is 24.8. The Bertz CT molecular complexity index is 1730. The summed E-state index contributed by atoms with van der Waals surface area (Å²) in [6.07, 6.45) is 0.663. The molecule has 5 aromatic rings. The standard InChI is InChI=1S/C46H48N2O4/c1-45(2,3)51-43(49)39(47-41(35-19-11-7-12-20-35)36-21-13-8-14-22-36)31-33-27-29-34(30-28-33)32-40(44(50)52-46(4,5)6)48-42(37-23-15-9-16-24-37)38-25-17-10-18-26-38/h7-30,39-40H,31-32H2,1-6H3. The van der Waals surface area contributed by atoms with E-state index >= 15 is 0 Å². The van der Waals surface area contributed by atoms with Gasteiger partial charge >= 0.3 is 11.9 Å². The summed E-state index contributed by atoms with van der Waals surface area (Å²) in [5.41, 5.74) is 5.57. The minimum absolute atomic E-state index is 0.332. The average Bonchev–Trinajstić information content (AvgIpc) is 3.12. The molecule has 0 amide bonds. The zero-order chi connectivity index (χ0) is 37.1. The Morgan fingerprint density at radius 2 is 0.692 bits per heavy atom.